The summed E-state index contributed by atoms with van der Waals surface area (Å²) < 4.78 is 13.3. The highest BCUT2D eigenvalue weighted by Gasteiger charge is 2.16. The summed E-state index contributed by atoms with van der Waals surface area (Å²) in [6.45, 7) is 4.02. The number of hydrogen-bond acceptors (Lipinski definition) is 4. The van der Waals surface area contributed by atoms with Crippen molar-refractivity contribution in [2.24, 2.45) is 5.73 Å². The number of aryl methyl sites for hydroxylation is 1. The Hall–Kier alpha value is -2.08. The summed E-state index contributed by atoms with van der Waals surface area (Å²) in [7, 11) is 0. The largest absolute Gasteiger partial charge is 0.389 e. The normalized spacial score (nSPS) is 10.4. The van der Waals surface area contributed by atoms with E-state index in [0.717, 1.165) is 24.1 Å². The molecule has 0 amide bonds. The average molecular weight is 304 g/mol. The molecule has 2 rings (SSSR count). The van der Waals surface area contributed by atoms with Crippen LogP contribution in [0.5, 0.6) is 0 Å². The minimum atomic E-state index is -0.328. The molecule has 0 atom stereocenters. The minimum Gasteiger partial charge on any atom is -0.389 e. The lowest BCUT2D eigenvalue weighted by Crippen LogP contribution is -2.18. The Balaban J connectivity index is 2.50. The molecule has 2 aromatic rings. The highest BCUT2D eigenvalue weighted by Crippen LogP contribution is 2.24. The second kappa shape index (κ2) is 6.58. The van der Waals surface area contributed by atoms with Gasteiger partial charge in [-0.25, -0.2) is 4.39 Å². The van der Waals surface area contributed by atoms with Crippen LogP contribution in [0.4, 0.5) is 15.9 Å². The van der Waals surface area contributed by atoms with Gasteiger partial charge in [0.15, 0.2) is 5.82 Å². The number of nitrogens with zero attached hydrogens (tertiary/aromatic N) is 2. The molecule has 0 aliphatic carbocycles. The van der Waals surface area contributed by atoms with E-state index in [9.17, 15) is 4.39 Å². The van der Waals surface area contributed by atoms with Crippen molar-refractivity contribution < 1.29 is 4.39 Å². The summed E-state index contributed by atoms with van der Waals surface area (Å²) in [6.07, 6.45) is 1.51. The van der Waals surface area contributed by atoms with Crippen LogP contribution in [-0.2, 0) is 12.8 Å². The molecule has 0 aliphatic rings. The van der Waals surface area contributed by atoms with Gasteiger partial charge in [-0.15, -0.1) is 5.10 Å². The van der Waals surface area contributed by atoms with Crippen LogP contribution in [0.3, 0.4) is 0 Å². The highest BCUT2D eigenvalue weighted by atomic mass is 32.1. The Kier molecular flexibility index (Phi) is 4.80. The second-order valence-electron chi connectivity index (χ2n) is 4.56. The molecular formula is C15H17FN4S. The zero-order chi connectivity index (χ0) is 15.4. The zero-order valence-corrected chi connectivity index (χ0v) is 12.8. The maximum Gasteiger partial charge on any atom is 0.163 e. The van der Waals surface area contributed by atoms with Crippen molar-refractivity contribution >= 4 is 28.7 Å². The first-order valence-electron chi connectivity index (χ1n) is 6.77. The van der Waals surface area contributed by atoms with Gasteiger partial charge in [0.2, 0.25) is 0 Å². The van der Waals surface area contributed by atoms with E-state index in [0.29, 0.717) is 17.1 Å². The number of rotatable bonds is 5. The molecule has 4 nitrogen and oxygen atoms in total. The van der Waals surface area contributed by atoms with Crippen LogP contribution >= 0.6 is 12.2 Å². The van der Waals surface area contributed by atoms with Crippen LogP contribution in [-0.4, -0.2) is 15.2 Å². The number of benzene rings is 1. The molecule has 0 saturated heterocycles. The molecule has 0 radical (unpaired) electrons. The van der Waals surface area contributed by atoms with Crippen molar-refractivity contribution in [3.05, 3.63) is 46.9 Å². The van der Waals surface area contributed by atoms with Gasteiger partial charge < -0.3 is 11.1 Å². The van der Waals surface area contributed by atoms with Crippen molar-refractivity contribution in [3.8, 4) is 0 Å². The van der Waals surface area contributed by atoms with Crippen LogP contribution in [0, 0.1) is 5.82 Å². The third-order valence-electron chi connectivity index (χ3n) is 3.18. The van der Waals surface area contributed by atoms with Gasteiger partial charge in [-0.1, -0.05) is 32.1 Å². The van der Waals surface area contributed by atoms with E-state index in [2.05, 4.69) is 15.5 Å². The molecule has 0 bridgehead atoms. The molecule has 1 aromatic heterocycles. The molecule has 21 heavy (non-hydrogen) atoms. The van der Waals surface area contributed by atoms with Gasteiger partial charge >= 0.3 is 0 Å². The first-order valence-corrected chi connectivity index (χ1v) is 7.18. The van der Waals surface area contributed by atoms with Crippen molar-refractivity contribution in [1.82, 2.24) is 10.2 Å². The zero-order valence-electron chi connectivity index (χ0n) is 12.0. The van der Waals surface area contributed by atoms with Crippen LogP contribution in [0.25, 0.3) is 0 Å². The molecule has 1 heterocycles. The van der Waals surface area contributed by atoms with Crippen molar-refractivity contribution in [2.45, 2.75) is 26.7 Å². The van der Waals surface area contributed by atoms with Gasteiger partial charge in [0.1, 0.15) is 10.8 Å². The van der Waals surface area contributed by atoms with Gasteiger partial charge in [0.05, 0.1) is 11.3 Å². The number of nitrogens with one attached hydrogen (secondary N) is 1. The molecule has 0 saturated carbocycles. The lowest BCUT2D eigenvalue weighted by molar-refractivity contribution is 0.628. The number of thiocarbonyl (C=S) groups is 1. The van der Waals surface area contributed by atoms with E-state index in [1.807, 2.05) is 13.8 Å². The lowest BCUT2D eigenvalue weighted by atomic mass is 10.0. The maximum atomic E-state index is 13.3. The Morgan fingerprint density at radius 3 is 2.62 bits per heavy atom. The van der Waals surface area contributed by atoms with E-state index < -0.39 is 0 Å². The molecule has 110 valence electrons. The fourth-order valence-electron chi connectivity index (χ4n) is 2.23. The minimum absolute atomic E-state index is 0.260. The van der Waals surface area contributed by atoms with Gasteiger partial charge in [-0.3, -0.25) is 0 Å². The Labute approximate surface area is 128 Å². The number of hydrogen-bond donors (Lipinski definition) is 2. The van der Waals surface area contributed by atoms with E-state index in [4.69, 9.17) is 18.0 Å². The molecule has 3 N–H and O–H groups in total. The molecule has 0 fully saturated rings. The van der Waals surface area contributed by atoms with E-state index in [1.165, 1.54) is 12.1 Å². The van der Waals surface area contributed by atoms with Crippen molar-refractivity contribution in [3.63, 3.8) is 0 Å². The molecule has 0 aliphatic heterocycles. The van der Waals surface area contributed by atoms with Gasteiger partial charge in [-0.2, -0.15) is 5.10 Å². The third-order valence-corrected chi connectivity index (χ3v) is 3.38. The fraction of sp³-hybridized carbons (Fsp3) is 0.267. The van der Waals surface area contributed by atoms with E-state index >= 15 is 0 Å². The summed E-state index contributed by atoms with van der Waals surface area (Å²) in [5.74, 6) is 0.132. The summed E-state index contributed by atoms with van der Waals surface area (Å²) in [6, 6.07) is 6.12. The smallest absolute Gasteiger partial charge is 0.163 e. The number of nitrogens with two attached hydrogens (primary N) is 1. The molecule has 6 heteroatoms. The van der Waals surface area contributed by atoms with Crippen LogP contribution in [0.1, 0.15) is 30.7 Å². The maximum absolute atomic E-state index is 13.3. The summed E-state index contributed by atoms with van der Waals surface area (Å²) in [5, 5.41) is 11.4. The SMILES string of the molecule is CCc1nnc(Nc2cccc(F)c2)c(C(N)=S)c1CC. The first-order chi connectivity index (χ1) is 10.1. The number of anilines is 2. The van der Waals surface area contributed by atoms with Gasteiger partial charge in [0, 0.05) is 5.69 Å². The van der Waals surface area contributed by atoms with Crippen LogP contribution in [0.15, 0.2) is 24.3 Å². The van der Waals surface area contributed by atoms with Gasteiger partial charge in [0.25, 0.3) is 0 Å². The molecule has 0 spiro atoms. The standard InChI is InChI=1S/C15H17FN4S/c1-3-11-12(4-2)19-20-15(13(11)14(17)21)18-10-7-5-6-9(16)8-10/h5-8H,3-4H2,1-2H3,(H2,17,21)(H,18,20). The molecule has 0 unspecified atom stereocenters. The number of aromatic nitrogens is 2. The fourth-order valence-corrected chi connectivity index (χ4v) is 2.45. The topological polar surface area (TPSA) is 63.8 Å². The Morgan fingerprint density at radius 1 is 1.29 bits per heavy atom. The lowest BCUT2D eigenvalue weighted by Gasteiger charge is -2.15. The predicted molar refractivity (Wildman–Crippen MR) is 86.4 cm³/mol. The van der Waals surface area contributed by atoms with Crippen molar-refractivity contribution in [1.29, 1.82) is 0 Å². The molecular weight excluding hydrogens is 287 g/mol. The average Bonchev–Trinajstić information content (AvgIpc) is 2.46. The molecule has 1 aromatic carbocycles. The van der Waals surface area contributed by atoms with Crippen LogP contribution in [0.2, 0.25) is 0 Å². The first kappa shape index (κ1) is 15.3. The monoisotopic (exact) mass is 304 g/mol. The third kappa shape index (κ3) is 3.33. The quantitative estimate of drug-likeness (QED) is 0.831. The van der Waals surface area contributed by atoms with Crippen molar-refractivity contribution in [2.75, 3.05) is 5.32 Å². The number of halogens is 1. The predicted octanol–water partition coefficient (Wildman–Crippen LogP) is 3.12. The Bertz CT molecular complexity index is 673. The summed E-state index contributed by atoms with van der Waals surface area (Å²) in [5.41, 5.74) is 8.97. The van der Waals surface area contributed by atoms with Gasteiger partial charge in [-0.05, 0) is 36.6 Å². The summed E-state index contributed by atoms with van der Waals surface area (Å²) in [4.78, 5) is 0.260. The Morgan fingerprint density at radius 2 is 2.05 bits per heavy atom. The highest BCUT2D eigenvalue weighted by molar-refractivity contribution is 7.80. The summed E-state index contributed by atoms with van der Waals surface area (Å²) >= 11 is 5.15. The van der Waals surface area contributed by atoms with Crippen LogP contribution < -0.4 is 11.1 Å². The second-order valence-corrected chi connectivity index (χ2v) is 5.00. The van der Waals surface area contributed by atoms with E-state index in [-0.39, 0.29) is 10.8 Å². The van der Waals surface area contributed by atoms with E-state index in [1.54, 1.807) is 12.1 Å².